The van der Waals surface area contributed by atoms with Crippen LogP contribution < -0.4 is 10.2 Å². The molecule has 1 aliphatic heterocycles. The SMILES string of the molecule is Cc1oc2c3c(ccc2c(=O)c1-c1ccc(Cl)cc1)OCN(C(C)c1ccccc1)C3. The number of aryl methyl sites for hydroxylation is 1. The minimum Gasteiger partial charge on any atom is -0.478 e. The number of nitrogens with zero attached hydrogens (tertiary/aromatic N) is 1. The van der Waals surface area contributed by atoms with Gasteiger partial charge in [-0.05, 0) is 49.2 Å². The van der Waals surface area contributed by atoms with Crippen molar-refractivity contribution in [1.82, 2.24) is 4.90 Å². The largest absolute Gasteiger partial charge is 0.478 e. The molecule has 1 aliphatic rings. The van der Waals surface area contributed by atoms with E-state index in [1.165, 1.54) is 5.56 Å². The molecule has 5 heteroatoms. The van der Waals surface area contributed by atoms with E-state index < -0.39 is 0 Å². The Hall–Kier alpha value is -3.08. The van der Waals surface area contributed by atoms with Crippen LogP contribution >= 0.6 is 11.6 Å². The first-order valence-corrected chi connectivity index (χ1v) is 10.7. The molecule has 0 radical (unpaired) electrons. The van der Waals surface area contributed by atoms with Crippen LogP contribution in [0.4, 0.5) is 0 Å². The minimum absolute atomic E-state index is 0.0443. The molecule has 4 nitrogen and oxygen atoms in total. The third-order valence-corrected chi connectivity index (χ3v) is 6.26. The second-order valence-corrected chi connectivity index (χ2v) is 8.33. The van der Waals surface area contributed by atoms with Gasteiger partial charge in [0.1, 0.15) is 23.8 Å². The van der Waals surface area contributed by atoms with Crippen molar-refractivity contribution in [3.05, 3.63) is 98.9 Å². The number of hydrogen-bond donors (Lipinski definition) is 0. The standard InChI is InChI=1S/C26H22ClNO3/c1-16(18-6-4-3-5-7-18)28-14-22-23(30-15-28)13-12-21-25(29)24(17(2)31-26(21)22)19-8-10-20(27)11-9-19/h3-13,16H,14-15H2,1-2H3. The van der Waals surface area contributed by atoms with Crippen molar-refractivity contribution >= 4 is 22.6 Å². The topological polar surface area (TPSA) is 42.7 Å². The molecule has 1 unspecified atom stereocenters. The van der Waals surface area contributed by atoms with Crippen molar-refractivity contribution in [2.24, 2.45) is 0 Å². The van der Waals surface area contributed by atoms with Crippen LogP contribution in [-0.2, 0) is 6.54 Å². The van der Waals surface area contributed by atoms with E-state index in [2.05, 4.69) is 24.0 Å². The second-order valence-electron chi connectivity index (χ2n) is 7.90. The first-order valence-electron chi connectivity index (χ1n) is 10.3. The van der Waals surface area contributed by atoms with Crippen LogP contribution in [0.1, 0.15) is 29.9 Å². The highest BCUT2D eigenvalue weighted by Gasteiger charge is 2.27. The first kappa shape index (κ1) is 19.9. The Morgan fingerprint density at radius 1 is 1.00 bits per heavy atom. The van der Waals surface area contributed by atoms with E-state index in [9.17, 15) is 4.79 Å². The van der Waals surface area contributed by atoms with Crippen molar-refractivity contribution in [2.45, 2.75) is 26.4 Å². The maximum Gasteiger partial charge on any atom is 0.200 e. The summed E-state index contributed by atoms with van der Waals surface area (Å²) >= 11 is 6.02. The second kappa shape index (κ2) is 7.88. The number of benzene rings is 3. The number of halogens is 1. The maximum atomic E-state index is 13.4. The van der Waals surface area contributed by atoms with Gasteiger partial charge in [0.15, 0.2) is 0 Å². The highest BCUT2D eigenvalue weighted by atomic mass is 35.5. The Morgan fingerprint density at radius 2 is 1.74 bits per heavy atom. The number of ether oxygens (including phenoxy) is 1. The van der Waals surface area contributed by atoms with Crippen molar-refractivity contribution in [1.29, 1.82) is 0 Å². The molecule has 1 atom stereocenters. The predicted molar refractivity (Wildman–Crippen MR) is 124 cm³/mol. The molecular formula is C26H22ClNO3. The van der Waals surface area contributed by atoms with Gasteiger partial charge in [-0.1, -0.05) is 54.1 Å². The normalized spacial score (nSPS) is 14.8. The van der Waals surface area contributed by atoms with Gasteiger partial charge >= 0.3 is 0 Å². The summed E-state index contributed by atoms with van der Waals surface area (Å²) in [7, 11) is 0. The fourth-order valence-electron chi connectivity index (χ4n) is 4.23. The molecule has 0 fully saturated rings. The molecule has 0 spiro atoms. The number of fused-ring (bicyclic) bond motifs is 3. The van der Waals surface area contributed by atoms with Crippen LogP contribution in [0.2, 0.25) is 5.02 Å². The monoisotopic (exact) mass is 431 g/mol. The lowest BCUT2D eigenvalue weighted by Gasteiger charge is -2.34. The van der Waals surface area contributed by atoms with Crippen LogP contribution in [0.5, 0.6) is 5.75 Å². The molecule has 0 aliphatic carbocycles. The van der Waals surface area contributed by atoms with Crippen LogP contribution in [0, 0.1) is 6.92 Å². The zero-order valence-electron chi connectivity index (χ0n) is 17.4. The van der Waals surface area contributed by atoms with Gasteiger partial charge in [0, 0.05) is 17.6 Å². The van der Waals surface area contributed by atoms with E-state index >= 15 is 0 Å². The maximum absolute atomic E-state index is 13.4. The summed E-state index contributed by atoms with van der Waals surface area (Å²) in [6.07, 6.45) is 0. The summed E-state index contributed by atoms with van der Waals surface area (Å²) in [5.74, 6) is 1.35. The van der Waals surface area contributed by atoms with Gasteiger partial charge < -0.3 is 9.15 Å². The van der Waals surface area contributed by atoms with Gasteiger partial charge in [0.25, 0.3) is 0 Å². The Kier molecular flexibility index (Phi) is 5.05. The fraction of sp³-hybridized carbons (Fsp3) is 0.192. The molecule has 0 bridgehead atoms. The van der Waals surface area contributed by atoms with Crippen molar-refractivity contribution in [3.63, 3.8) is 0 Å². The molecule has 31 heavy (non-hydrogen) atoms. The molecule has 0 N–H and O–H groups in total. The lowest BCUT2D eigenvalue weighted by molar-refractivity contribution is 0.0620. The summed E-state index contributed by atoms with van der Waals surface area (Å²) in [5.41, 5.74) is 4.05. The van der Waals surface area contributed by atoms with Crippen LogP contribution in [0.25, 0.3) is 22.1 Å². The van der Waals surface area contributed by atoms with E-state index in [4.69, 9.17) is 20.8 Å². The molecule has 4 aromatic rings. The fourth-order valence-corrected chi connectivity index (χ4v) is 4.36. The molecule has 0 amide bonds. The molecule has 156 valence electrons. The van der Waals surface area contributed by atoms with Crippen LogP contribution in [-0.4, -0.2) is 11.6 Å². The molecule has 2 heterocycles. The smallest absolute Gasteiger partial charge is 0.200 e. The first-order chi connectivity index (χ1) is 15.0. The minimum atomic E-state index is -0.0443. The summed E-state index contributed by atoms with van der Waals surface area (Å²) in [6, 6.07) is 21.4. The zero-order valence-corrected chi connectivity index (χ0v) is 18.1. The molecule has 0 saturated heterocycles. The van der Waals surface area contributed by atoms with E-state index in [0.29, 0.717) is 40.6 Å². The van der Waals surface area contributed by atoms with E-state index in [0.717, 1.165) is 16.9 Å². The van der Waals surface area contributed by atoms with Crippen LogP contribution in [0.15, 0.2) is 75.9 Å². The Labute approximate surface area is 185 Å². The van der Waals surface area contributed by atoms with Gasteiger partial charge in [-0.3, -0.25) is 9.69 Å². The third kappa shape index (κ3) is 3.52. The summed E-state index contributed by atoms with van der Waals surface area (Å²) < 4.78 is 12.3. The molecule has 5 rings (SSSR count). The molecule has 1 aromatic heterocycles. The van der Waals surface area contributed by atoms with Gasteiger partial charge in [0.2, 0.25) is 5.43 Å². The van der Waals surface area contributed by atoms with E-state index in [1.54, 1.807) is 18.2 Å². The van der Waals surface area contributed by atoms with Gasteiger partial charge in [-0.25, -0.2) is 0 Å². The van der Waals surface area contributed by atoms with Crippen molar-refractivity contribution in [3.8, 4) is 16.9 Å². The molecular weight excluding hydrogens is 410 g/mol. The lowest BCUT2D eigenvalue weighted by Crippen LogP contribution is -2.34. The predicted octanol–water partition coefficient (Wildman–Crippen LogP) is 6.33. The van der Waals surface area contributed by atoms with Gasteiger partial charge in [-0.2, -0.15) is 0 Å². The Morgan fingerprint density at radius 3 is 2.48 bits per heavy atom. The lowest BCUT2D eigenvalue weighted by atomic mass is 10.00. The number of rotatable bonds is 3. The van der Waals surface area contributed by atoms with E-state index in [-0.39, 0.29) is 11.5 Å². The average Bonchev–Trinajstić information content (AvgIpc) is 2.80. The summed E-state index contributed by atoms with van der Waals surface area (Å²) in [5, 5.41) is 1.19. The third-order valence-electron chi connectivity index (χ3n) is 6.01. The Bertz CT molecular complexity index is 1310. The van der Waals surface area contributed by atoms with Gasteiger partial charge in [0.05, 0.1) is 16.5 Å². The van der Waals surface area contributed by atoms with Crippen molar-refractivity contribution < 1.29 is 9.15 Å². The number of hydrogen-bond acceptors (Lipinski definition) is 4. The Balaban J connectivity index is 1.59. The molecule has 3 aromatic carbocycles. The van der Waals surface area contributed by atoms with Crippen LogP contribution in [0.3, 0.4) is 0 Å². The highest BCUT2D eigenvalue weighted by Crippen LogP contribution is 2.36. The summed E-state index contributed by atoms with van der Waals surface area (Å²) in [4.78, 5) is 15.6. The average molecular weight is 432 g/mol. The van der Waals surface area contributed by atoms with Gasteiger partial charge in [-0.15, -0.1) is 0 Å². The quantitative estimate of drug-likeness (QED) is 0.380. The summed E-state index contributed by atoms with van der Waals surface area (Å²) in [6.45, 7) is 5.12. The van der Waals surface area contributed by atoms with Crippen molar-refractivity contribution in [2.75, 3.05) is 6.73 Å². The highest BCUT2D eigenvalue weighted by molar-refractivity contribution is 6.30. The van der Waals surface area contributed by atoms with E-state index in [1.807, 2.05) is 43.3 Å². The zero-order chi connectivity index (χ0) is 21.5. The molecule has 0 saturated carbocycles.